The van der Waals surface area contributed by atoms with Gasteiger partial charge >= 0.3 is 0 Å². The lowest BCUT2D eigenvalue weighted by molar-refractivity contribution is -0.131. The molecule has 0 saturated carbocycles. The zero-order valence-corrected chi connectivity index (χ0v) is 11.1. The van der Waals surface area contributed by atoms with Crippen LogP contribution in [0.25, 0.3) is 0 Å². The summed E-state index contributed by atoms with van der Waals surface area (Å²) < 4.78 is 1.47. The van der Waals surface area contributed by atoms with Gasteiger partial charge in [0.2, 0.25) is 0 Å². The predicted octanol–water partition coefficient (Wildman–Crippen LogP) is 0.618. The number of hydrogen-bond donors (Lipinski definition) is 0. The largest absolute Gasteiger partial charge is 0.271 e. The lowest BCUT2D eigenvalue weighted by Crippen LogP contribution is -2.28. The first kappa shape index (κ1) is 12.5. The molecule has 1 amide bonds. The monoisotopic (exact) mass is 270 g/mol. The molecule has 0 aliphatic carbocycles. The Hall–Kier alpha value is -2.57. The summed E-state index contributed by atoms with van der Waals surface area (Å²) in [6.45, 7) is 2.48. The minimum Gasteiger partial charge on any atom is -0.271 e. The molecule has 0 atom stereocenters. The number of amides is 1. The van der Waals surface area contributed by atoms with Gasteiger partial charge < -0.3 is 0 Å². The summed E-state index contributed by atoms with van der Waals surface area (Å²) in [5.41, 5.74) is 1.99. The van der Waals surface area contributed by atoms with Crippen molar-refractivity contribution in [1.82, 2.24) is 25.2 Å². The lowest BCUT2D eigenvalue weighted by Gasteiger charge is -2.10. The van der Waals surface area contributed by atoms with Crippen molar-refractivity contribution in [3.05, 3.63) is 41.7 Å². The first-order chi connectivity index (χ1) is 9.74. The van der Waals surface area contributed by atoms with E-state index in [0.717, 1.165) is 17.7 Å². The van der Waals surface area contributed by atoms with Gasteiger partial charge in [0, 0.05) is 6.42 Å². The number of carbonyl (C=O) groups is 1. The van der Waals surface area contributed by atoms with Crippen molar-refractivity contribution in [2.24, 2.45) is 5.10 Å². The first-order valence-corrected chi connectivity index (χ1v) is 6.40. The van der Waals surface area contributed by atoms with E-state index in [9.17, 15) is 4.79 Å². The predicted molar refractivity (Wildman–Crippen MR) is 71.9 cm³/mol. The number of rotatable bonds is 3. The molecule has 3 rings (SSSR count). The van der Waals surface area contributed by atoms with Crippen LogP contribution in [0, 0.1) is 6.92 Å². The fourth-order valence-electron chi connectivity index (χ4n) is 2.08. The Kier molecular flexibility index (Phi) is 3.24. The van der Waals surface area contributed by atoms with Gasteiger partial charge in [-0.15, -0.1) is 5.10 Å². The average Bonchev–Trinajstić information content (AvgIpc) is 3.10. The Bertz CT molecular complexity index is 648. The van der Waals surface area contributed by atoms with Crippen molar-refractivity contribution in [2.45, 2.75) is 19.9 Å². The molecule has 0 spiro atoms. The van der Waals surface area contributed by atoms with Crippen LogP contribution < -0.4 is 0 Å². The molecule has 102 valence electrons. The topological polar surface area (TPSA) is 76.3 Å². The van der Waals surface area contributed by atoms with Crippen molar-refractivity contribution < 1.29 is 4.79 Å². The second-order valence-electron chi connectivity index (χ2n) is 4.56. The van der Waals surface area contributed by atoms with Gasteiger partial charge in [-0.2, -0.15) is 5.10 Å². The maximum absolute atomic E-state index is 12.1. The second-order valence-corrected chi connectivity index (χ2v) is 4.56. The standard InChI is InChI=1S/C13H14N6O/c1-10-14-16-17-19(10)9-13(20)18-8-7-12(15-18)11-5-3-2-4-6-11/h2-6H,7-9H2,1H3. The maximum atomic E-state index is 12.1. The van der Waals surface area contributed by atoms with Crippen LogP contribution in [0.2, 0.25) is 0 Å². The average molecular weight is 270 g/mol. The van der Waals surface area contributed by atoms with Gasteiger partial charge in [-0.1, -0.05) is 30.3 Å². The zero-order valence-electron chi connectivity index (χ0n) is 11.1. The molecule has 7 heteroatoms. The third-order valence-corrected chi connectivity index (χ3v) is 3.19. The van der Waals surface area contributed by atoms with E-state index < -0.39 is 0 Å². The highest BCUT2D eigenvalue weighted by Crippen LogP contribution is 2.14. The number of benzene rings is 1. The molecule has 1 aliphatic rings. The summed E-state index contributed by atoms with van der Waals surface area (Å²) in [5, 5.41) is 16.9. The van der Waals surface area contributed by atoms with Crippen LogP contribution in [0.15, 0.2) is 35.4 Å². The molecule has 0 N–H and O–H groups in total. The molecule has 0 unspecified atom stereocenters. The number of hydrogen-bond acceptors (Lipinski definition) is 5. The number of hydrazone groups is 1. The van der Waals surface area contributed by atoms with Crippen LogP contribution in [-0.4, -0.2) is 43.4 Å². The Morgan fingerprint density at radius 2 is 2.10 bits per heavy atom. The smallest absolute Gasteiger partial charge is 0.264 e. The second kappa shape index (κ2) is 5.20. The first-order valence-electron chi connectivity index (χ1n) is 6.40. The summed E-state index contributed by atoms with van der Waals surface area (Å²) in [6.07, 6.45) is 0.768. The van der Waals surface area contributed by atoms with E-state index in [1.807, 2.05) is 30.3 Å². The molecule has 1 aliphatic heterocycles. The SMILES string of the molecule is Cc1nnnn1CC(=O)N1CCC(c2ccccc2)=N1. The molecule has 1 aromatic carbocycles. The van der Waals surface area contributed by atoms with E-state index in [2.05, 4.69) is 20.6 Å². The number of carbonyl (C=O) groups excluding carboxylic acids is 1. The van der Waals surface area contributed by atoms with Crippen LogP contribution in [-0.2, 0) is 11.3 Å². The molecule has 7 nitrogen and oxygen atoms in total. The van der Waals surface area contributed by atoms with E-state index in [-0.39, 0.29) is 12.5 Å². The van der Waals surface area contributed by atoms with Crippen LogP contribution in [0.5, 0.6) is 0 Å². The quantitative estimate of drug-likeness (QED) is 0.819. The van der Waals surface area contributed by atoms with Gasteiger partial charge in [-0.3, -0.25) is 4.79 Å². The van der Waals surface area contributed by atoms with Gasteiger partial charge in [0.15, 0.2) is 0 Å². The van der Waals surface area contributed by atoms with Crippen LogP contribution in [0.4, 0.5) is 0 Å². The fraction of sp³-hybridized carbons (Fsp3) is 0.308. The van der Waals surface area contributed by atoms with Gasteiger partial charge in [0.1, 0.15) is 12.4 Å². The highest BCUT2D eigenvalue weighted by molar-refractivity contribution is 6.02. The third-order valence-electron chi connectivity index (χ3n) is 3.19. The van der Waals surface area contributed by atoms with Crippen molar-refractivity contribution in [2.75, 3.05) is 6.54 Å². The van der Waals surface area contributed by atoms with E-state index in [0.29, 0.717) is 12.4 Å². The molecule has 1 aromatic heterocycles. The zero-order chi connectivity index (χ0) is 13.9. The number of nitrogens with zero attached hydrogens (tertiary/aromatic N) is 6. The Morgan fingerprint density at radius 3 is 2.80 bits per heavy atom. The van der Waals surface area contributed by atoms with Crippen LogP contribution >= 0.6 is 0 Å². The van der Waals surface area contributed by atoms with Crippen LogP contribution in [0.1, 0.15) is 17.8 Å². The van der Waals surface area contributed by atoms with E-state index in [1.54, 1.807) is 6.92 Å². The molecule has 0 radical (unpaired) electrons. The normalized spacial score (nSPS) is 14.4. The molecular formula is C13H14N6O. The Balaban J connectivity index is 1.72. The van der Waals surface area contributed by atoms with E-state index >= 15 is 0 Å². The fourth-order valence-corrected chi connectivity index (χ4v) is 2.08. The molecular weight excluding hydrogens is 256 g/mol. The number of tetrazole rings is 1. The summed E-state index contributed by atoms with van der Waals surface area (Å²) in [4.78, 5) is 12.1. The third kappa shape index (κ3) is 2.42. The van der Waals surface area contributed by atoms with E-state index in [1.165, 1.54) is 9.69 Å². The summed E-state index contributed by atoms with van der Waals surface area (Å²) >= 11 is 0. The summed E-state index contributed by atoms with van der Waals surface area (Å²) in [6, 6.07) is 9.89. The van der Waals surface area contributed by atoms with Crippen molar-refractivity contribution in [3.63, 3.8) is 0 Å². The van der Waals surface area contributed by atoms with Crippen molar-refractivity contribution in [3.8, 4) is 0 Å². The van der Waals surface area contributed by atoms with Crippen molar-refractivity contribution >= 4 is 11.6 Å². The maximum Gasteiger partial charge on any atom is 0.264 e. The van der Waals surface area contributed by atoms with E-state index in [4.69, 9.17) is 0 Å². The minimum atomic E-state index is -0.105. The number of aryl methyl sites for hydroxylation is 1. The summed E-state index contributed by atoms with van der Waals surface area (Å²) in [7, 11) is 0. The van der Waals surface area contributed by atoms with Gasteiger partial charge in [0.05, 0.1) is 12.3 Å². The van der Waals surface area contributed by atoms with Gasteiger partial charge in [-0.25, -0.2) is 9.69 Å². The van der Waals surface area contributed by atoms with Gasteiger partial charge in [0.25, 0.3) is 5.91 Å². The molecule has 2 heterocycles. The van der Waals surface area contributed by atoms with Crippen LogP contribution in [0.3, 0.4) is 0 Å². The Morgan fingerprint density at radius 1 is 1.30 bits per heavy atom. The summed E-state index contributed by atoms with van der Waals surface area (Å²) in [5.74, 6) is 0.510. The highest BCUT2D eigenvalue weighted by Gasteiger charge is 2.22. The van der Waals surface area contributed by atoms with Gasteiger partial charge in [-0.05, 0) is 22.9 Å². The molecule has 20 heavy (non-hydrogen) atoms. The lowest BCUT2D eigenvalue weighted by atomic mass is 10.1. The molecule has 2 aromatic rings. The number of aromatic nitrogens is 4. The molecule has 0 bridgehead atoms. The molecule has 0 fully saturated rings. The Labute approximate surface area is 115 Å². The minimum absolute atomic E-state index is 0.105. The van der Waals surface area contributed by atoms with Crippen molar-refractivity contribution in [1.29, 1.82) is 0 Å². The highest BCUT2D eigenvalue weighted by atomic mass is 16.2. The molecule has 0 saturated heterocycles.